The van der Waals surface area contributed by atoms with Crippen molar-refractivity contribution < 1.29 is 20.3 Å². The van der Waals surface area contributed by atoms with Crippen molar-refractivity contribution in [1.29, 1.82) is 0 Å². The van der Waals surface area contributed by atoms with E-state index in [0.717, 1.165) is 12.8 Å². The minimum absolute atomic E-state index is 0.344. The molecule has 48 valence electrons. The van der Waals surface area contributed by atoms with E-state index in [9.17, 15) is 0 Å². The maximum atomic E-state index is 8.07. The topological polar surface area (TPSA) is 20.2 Å². The molecule has 0 rings (SSSR count). The normalized spacial score (nSPS) is 6.50. The first-order valence-electron chi connectivity index (χ1n) is 2.56. The number of rotatable bonds is 2. The summed E-state index contributed by atoms with van der Waals surface area (Å²) in [6, 6.07) is 0. The van der Waals surface area contributed by atoms with Gasteiger partial charge in [0.1, 0.15) is 0 Å². The molecule has 8 heavy (non-hydrogen) atoms. The first-order valence-corrected chi connectivity index (χ1v) is 10.4. The van der Waals surface area contributed by atoms with E-state index in [1.807, 2.05) is 0 Å². The van der Waals surface area contributed by atoms with Gasteiger partial charge in [-0.3, -0.25) is 0 Å². The molecule has 0 fully saturated rings. The molecule has 0 bridgehead atoms. The predicted octanol–water partition coefficient (Wildman–Crippen LogP) is 2.16. The van der Waals surface area contributed by atoms with E-state index < -0.39 is 15.1 Å². The van der Waals surface area contributed by atoms with E-state index in [4.69, 9.17) is 24.5 Å². The van der Waals surface area contributed by atoms with Gasteiger partial charge in [0.25, 0.3) is 0 Å². The van der Waals surface area contributed by atoms with Crippen molar-refractivity contribution >= 4 is 19.4 Å². The van der Waals surface area contributed by atoms with Crippen LogP contribution in [0.4, 0.5) is 0 Å². The second-order valence-electron chi connectivity index (χ2n) is 1.18. The van der Waals surface area contributed by atoms with Crippen molar-refractivity contribution in [2.75, 3.05) is 6.61 Å². The molecule has 0 aromatic carbocycles. The molecule has 0 atom stereocenters. The number of aliphatic hydroxyl groups excluding tert-OH is 1. The maximum absolute atomic E-state index is 8.07. The van der Waals surface area contributed by atoms with Crippen molar-refractivity contribution in [3.8, 4) is 0 Å². The van der Waals surface area contributed by atoms with Crippen LogP contribution in [-0.4, -0.2) is 11.7 Å². The molecule has 0 amide bonds. The van der Waals surface area contributed by atoms with Gasteiger partial charge in [0.2, 0.25) is 0 Å². The second-order valence-corrected chi connectivity index (χ2v) is 5.80. The number of hydrogen-bond donors (Lipinski definition) is 1. The number of halogens is 2. The standard InChI is InChI=1S/C4H10O.2ClH.Zn/c1-2-3-4-5;;;/h5H,2-4H2,1H3;2*1H;/q;;;+2/p-2. The van der Waals surface area contributed by atoms with E-state index >= 15 is 0 Å². The fourth-order valence-electron chi connectivity index (χ4n) is 0.158. The molecular weight excluding hydrogens is 200 g/mol. The Morgan fingerprint density at radius 1 is 1.50 bits per heavy atom. The fourth-order valence-corrected chi connectivity index (χ4v) is 0.158. The summed E-state index contributed by atoms with van der Waals surface area (Å²) in [5, 5.41) is 8.07. The Kier molecular flexibility index (Phi) is 23.4. The summed E-state index contributed by atoms with van der Waals surface area (Å²) in [5.74, 6) is 0. The molecule has 0 aliphatic heterocycles. The molecule has 0 spiro atoms. The molecule has 0 heterocycles. The molecule has 4 heteroatoms. The van der Waals surface area contributed by atoms with Gasteiger partial charge in [-0.2, -0.15) is 0 Å². The zero-order valence-electron chi connectivity index (χ0n) is 5.03. The van der Waals surface area contributed by atoms with E-state index in [0.29, 0.717) is 6.61 Å². The number of hydrogen-bond acceptors (Lipinski definition) is 1. The summed E-state index contributed by atoms with van der Waals surface area (Å²) < 4.78 is 0. The second kappa shape index (κ2) is 15.7. The molecule has 0 unspecified atom stereocenters. The summed E-state index contributed by atoms with van der Waals surface area (Å²) in [4.78, 5) is 0. The monoisotopic (exact) mass is 208 g/mol. The average molecular weight is 210 g/mol. The zero-order valence-corrected chi connectivity index (χ0v) is 9.51. The molecule has 0 aromatic heterocycles. The van der Waals surface area contributed by atoms with Crippen LogP contribution in [0.25, 0.3) is 0 Å². The first kappa shape index (κ1) is 11.9. The summed E-state index contributed by atoms with van der Waals surface area (Å²) in [5.41, 5.74) is 0. The minimum atomic E-state index is -0.931. The molecule has 1 N–H and O–H groups in total. The Labute approximate surface area is 66.1 Å². The molecule has 0 saturated carbocycles. The van der Waals surface area contributed by atoms with Crippen LogP contribution in [0.2, 0.25) is 0 Å². The summed E-state index contributed by atoms with van der Waals surface area (Å²) >= 11 is -0.931. The van der Waals surface area contributed by atoms with Crippen molar-refractivity contribution in [1.82, 2.24) is 0 Å². The number of aliphatic hydroxyl groups is 1. The van der Waals surface area contributed by atoms with E-state index in [2.05, 4.69) is 6.92 Å². The van der Waals surface area contributed by atoms with Crippen LogP contribution >= 0.6 is 19.4 Å². The number of unbranched alkanes of at least 4 members (excludes halogenated alkanes) is 1. The Bertz CT molecular complexity index is 28.0. The molecule has 0 aliphatic carbocycles. The third-order valence-corrected chi connectivity index (χ3v) is 0.512. The van der Waals surface area contributed by atoms with Crippen LogP contribution in [0.3, 0.4) is 0 Å². The quantitative estimate of drug-likeness (QED) is 0.693. The van der Waals surface area contributed by atoms with Crippen LogP contribution in [0.1, 0.15) is 19.8 Å². The summed E-state index contributed by atoms with van der Waals surface area (Å²) in [6.45, 7) is 2.40. The van der Waals surface area contributed by atoms with Crippen LogP contribution in [0.15, 0.2) is 0 Å². The zero-order chi connectivity index (χ0) is 6.83. The van der Waals surface area contributed by atoms with Gasteiger partial charge in [-0.05, 0) is 6.42 Å². The third-order valence-electron chi connectivity index (χ3n) is 0.512. The van der Waals surface area contributed by atoms with Gasteiger partial charge in [0, 0.05) is 6.61 Å². The van der Waals surface area contributed by atoms with Crippen LogP contribution in [-0.2, 0) is 15.1 Å². The van der Waals surface area contributed by atoms with Crippen LogP contribution in [0.5, 0.6) is 0 Å². The van der Waals surface area contributed by atoms with Gasteiger partial charge in [-0.15, -0.1) is 0 Å². The summed E-state index contributed by atoms with van der Waals surface area (Å²) in [7, 11) is 9.90. The molecule has 0 aromatic rings. The molecule has 0 radical (unpaired) electrons. The van der Waals surface area contributed by atoms with Crippen LogP contribution < -0.4 is 0 Å². The van der Waals surface area contributed by atoms with Gasteiger partial charge in [-0.1, -0.05) is 13.3 Å². The van der Waals surface area contributed by atoms with Gasteiger partial charge >= 0.3 is 34.5 Å². The molecule has 1 nitrogen and oxygen atoms in total. The predicted molar refractivity (Wildman–Crippen MR) is 33.7 cm³/mol. The summed E-state index contributed by atoms with van der Waals surface area (Å²) in [6.07, 6.45) is 2.04. The van der Waals surface area contributed by atoms with Crippen LogP contribution in [0, 0.1) is 0 Å². The van der Waals surface area contributed by atoms with E-state index in [1.54, 1.807) is 0 Å². The fraction of sp³-hybridized carbons (Fsp3) is 1.00. The SMILES string of the molecule is CCCCO.[Cl][Zn][Cl]. The third kappa shape index (κ3) is 27.2. The Morgan fingerprint density at radius 2 is 1.88 bits per heavy atom. The van der Waals surface area contributed by atoms with Gasteiger partial charge in [-0.25, -0.2) is 0 Å². The van der Waals surface area contributed by atoms with Gasteiger partial charge in [0.15, 0.2) is 0 Å². The van der Waals surface area contributed by atoms with E-state index in [1.165, 1.54) is 0 Å². The Hall–Kier alpha value is 1.16. The Morgan fingerprint density at radius 3 is 1.88 bits per heavy atom. The molecule has 0 aliphatic rings. The first-order chi connectivity index (χ1) is 3.83. The van der Waals surface area contributed by atoms with Crippen molar-refractivity contribution in [2.24, 2.45) is 0 Å². The van der Waals surface area contributed by atoms with E-state index in [-0.39, 0.29) is 0 Å². The van der Waals surface area contributed by atoms with Crippen molar-refractivity contribution in [3.05, 3.63) is 0 Å². The molecular formula is C4H10Cl2OZn. The van der Waals surface area contributed by atoms with Gasteiger partial charge in [0.05, 0.1) is 0 Å². The molecule has 0 saturated heterocycles. The average Bonchev–Trinajstić information content (AvgIpc) is 1.71. The van der Waals surface area contributed by atoms with Crippen molar-refractivity contribution in [2.45, 2.75) is 19.8 Å². The Balaban J connectivity index is 0. The van der Waals surface area contributed by atoms with Crippen molar-refractivity contribution in [3.63, 3.8) is 0 Å². The van der Waals surface area contributed by atoms with Gasteiger partial charge < -0.3 is 5.11 Å².